The molecule has 1 aliphatic rings. The zero-order valence-electron chi connectivity index (χ0n) is 10.8. The molecule has 0 saturated carbocycles. The molecule has 20 heavy (non-hydrogen) atoms. The molecule has 0 saturated heterocycles. The lowest BCUT2D eigenvalue weighted by atomic mass is 9.99. The van der Waals surface area contributed by atoms with Crippen molar-refractivity contribution in [1.29, 1.82) is 0 Å². The summed E-state index contributed by atoms with van der Waals surface area (Å²) in [5, 5.41) is 9.28. The standard InChI is InChI=1S/C16H14ClNO2/c17-15-9-13(5-6-14(15)16(19)20)18-8-7-11-3-1-2-4-12(11)10-18/h1-6,9H,7-8,10H2,(H,19,20). The number of halogens is 1. The molecular weight excluding hydrogens is 274 g/mol. The largest absolute Gasteiger partial charge is 0.478 e. The zero-order valence-corrected chi connectivity index (χ0v) is 11.6. The van der Waals surface area contributed by atoms with Gasteiger partial charge in [-0.2, -0.15) is 0 Å². The maximum absolute atomic E-state index is 11.0. The summed E-state index contributed by atoms with van der Waals surface area (Å²) >= 11 is 6.04. The molecule has 0 aromatic heterocycles. The van der Waals surface area contributed by atoms with E-state index in [1.54, 1.807) is 12.1 Å². The van der Waals surface area contributed by atoms with Gasteiger partial charge in [-0.3, -0.25) is 0 Å². The van der Waals surface area contributed by atoms with Crippen molar-refractivity contribution in [3.63, 3.8) is 0 Å². The Kier molecular flexibility index (Phi) is 3.36. The predicted molar refractivity (Wildman–Crippen MR) is 79.6 cm³/mol. The number of fused-ring (bicyclic) bond motifs is 1. The van der Waals surface area contributed by atoms with Crippen molar-refractivity contribution in [3.8, 4) is 0 Å². The lowest BCUT2D eigenvalue weighted by molar-refractivity contribution is 0.0697. The fourth-order valence-corrected chi connectivity index (χ4v) is 2.85. The van der Waals surface area contributed by atoms with Crippen molar-refractivity contribution in [2.24, 2.45) is 0 Å². The van der Waals surface area contributed by atoms with Gasteiger partial charge in [0.15, 0.2) is 0 Å². The molecule has 3 nitrogen and oxygen atoms in total. The van der Waals surface area contributed by atoms with Gasteiger partial charge >= 0.3 is 5.97 Å². The van der Waals surface area contributed by atoms with Crippen LogP contribution in [0.15, 0.2) is 42.5 Å². The summed E-state index contributed by atoms with van der Waals surface area (Å²) < 4.78 is 0. The SMILES string of the molecule is O=C(O)c1ccc(N2CCc3ccccc3C2)cc1Cl. The van der Waals surface area contributed by atoms with E-state index in [-0.39, 0.29) is 10.6 Å². The van der Waals surface area contributed by atoms with E-state index in [0.29, 0.717) is 0 Å². The number of rotatable bonds is 2. The van der Waals surface area contributed by atoms with Crippen LogP contribution in [0.25, 0.3) is 0 Å². The van der Waals surface area contributed by atoms with E-state index in [1.807, 2.05) is 12.1 Å². The van der Waals surface area contributed by atoms with E-state index < -0.39 is 5.97 Å². The van der Waals surface area contributed by atoms with Crippen LogP contribution in [0, 0.1) is 0 Å². The lowest BCUT2D eigenvalue weighted by Crippen LogP contribution is -2.30. The Bertz CT molecular complexity index is 669. The topological polar surface area (TPSA) is 40.5 Å². The van der Waals surface area contributed by atoms with E-state index >= 15 is 0 Å². The summed E-state index contributed by atoms with van der Waals surface area (Å²) in [6.45, 7) is 1.75. The Hall–Kier alpha value is -2.00. The first-order chi connectivity index (χ1) is 9.65. The number of carboxylic acid groups (broad SMARTS) is 1. The molecule has 102 valence electrons. The second-order valence-electron chi connectivity index (χ2n) is 4.91. The Balaban J connectivity index is 1.88. The van der Waals surface area contributed by atoms with E-state index in [9.17, 15) is 4.79 Å². The van der Waals surface area contributed by atoms with Gasteiger partial charge in [-0.25, -0.2) is 4.79 Å². The van der Waals surface area contributed by atoms with E-state index in [2.05, 4.69) is 23.1 Å². The molecule has 1 aliphatic heterocycles. The summed E-state index contributed by atoms with van der Waals surface area (Å²) in [6.07, 6.45) is 0.995. The van der Waals surface area contributed by atoms with E-state index in [1.165, 1.54) is 11.1 Å². The van der Waals surface area contributed by atoms with Crippen LogP contribution in [-0.2, 0) is 13.0 Å². The highest BCUT2D eigenvalue weighted by Gasteiger charge is 2.17. The van der Waals surface area contributed by atoms with Gasteiger partial charge in [-0.1, -0.05) is 35.9 Å². The van der Waals surface area contributed by atoms with Crippen LogP contribution in [0.3, 0.4) is 0 Å². The summed E-state index contributed by atoms with van der Waals surface area (Å²) in [6, 6.07) is 13.5. The number of carbonyl (C=O) groups is 1. The molecule has 0 aliphatic carbocycles. The van der Waals surface area contributed by atoms with E-state index in [0.717, 1.165) is 25.2 Å². The molecule has 0 amide bonds. The number of hydrogen-bond donors (Lipinski definition) is 1. The molecule has 2 aromatic carbocycles. The second-order valence-corrected chi connectivity index (χ2v) is 5.32. The van der Waals surface area contributed by atoms with Crippen molar-refractivity contribution < 1.29 is 9.90 Å². The van der Waals surface area contributed by atoms with Gasteiger partial charge in [0.05, 0.1) is 10.6 Å². The Labute approximate surface area is 122 Å². The first kappa shape index (κ1) is 13.0. The molecule has 0 unspecified atom stereocenters. The zero-order chi connectivity index (χ0) is 14.1. The molecule has 3 rings (SSSR count). The molecule has 2 aromatic rings. The maximum Gasteiger partial charge on any atom is 0.337 e. The van der Waals surface area contributed by atoms with E-state index in [4.69, 9.17) is 16.7 Å². The van der Waals surface area contributed by atoms with Gasteiger partial charge in [-0.15, -0.1) is 0 Å². The van der Waals surface area contributed by atoms with Gasteiger partial charge in [0.25, 0.3) is 0 Å². The molecule has 0 bridgehead atoms. The van der Waals surface area contributed by atoms with Crippen molar-refractivity contribution >= 4 is 23.3 Å². The molecule has 1 N–H and O–H groups in total. The third-order valence-electron chi connectivity index (χ3n) is 3.68. The minimum Gasteiger partial charge on any atom is -0.478 e. The highest BCUT2D eigenvalue weighted by Crippen LogP contribution is 2.28. The van der Waals surface area contributed by atoms with Crippen LogP contribution in [0.2, 0.25) is 5.02 Å². The molecular formula is C16H14ClNO2. The summed E-state index contributed by atoms with van der Waals surface area (Å²) in [5.74, 6) is -0.995. The highest BCUT2D eigenvalue weighted by atomic mass is 35.5. The monoisotopic (exact) mass is 287 g/mol. The second kappa shape index (κ2) is 5.17. The number of nitrogens with zero attached hydrogens (tertiary/aromatic N) is 1. The summed E-state index contributed by atoms with van der Waals surface area (Å²) in [5.41, 5.74) is 3.82. The fraction of sp³-hybridized carbons (Fsp3) is 0.188. The normalized spacial score (nSPS) is 13.9. The first-order valence-electron chi connectivity index (χ1n) is 6.50. The van der Waals surface area contributed by atoms with Gasteiger partial charge < -0.3 is 10.0 Å². The number of benzene rings is 2. The van der Waals surface area contributed by atoms with Crippen LogP contribution in [0.5, 0.6) is 0 Å². The summed E-state index contributed by atoms with van der Waals surface area (Å²) in [4.78, 5) is 13.2. The third kappa shape index (κ3) is 2.37. The maximum atomic E-state index is 11.0. The average molecular weight is 288 g/mol. The van der Waals surface area contributed by atoms with Crippen LogP contribution >= 0.6 is 11.6 Å². The van der Waals surface area contributed by atoms with Crippen molar-refractivity contribution in [2.45, 2.75) is 13.0 Å². The molecule has 0 spiro atoms. The highest BCUT2D eigenvalue weighted by molar-refractivity contribution is 6.33. The lowest BCUT2D eigenvalue weighted by Gasteiger charge is -2.31. The Morgan fingerprint density at radius 1 is 1.15 bits per heavy atom. The third-order valence-corrected chi connectivity index (χ3v) is 3.99. The molecule has 0 atom stereocenters. The number of carboxylic acids is 1. The van der Waals surface area contributed by atoms with Crippen LogP contribution < -0.4 is 4.90 Å². The van der Waals surface area contributed by atoms with Crippen molar-refractivity contribution in [1.82, 2.24) is 0 Å². The Morgan fingerprint density at radius 2 is 1.90 bits per heavy atom. The van der Waals surface area contributed by atoms with Crippen LogP contribution in [0.1, 0.15) is 21.5 Å². The molecule has 0 fully saturated rings. The van der Waals surface area contributed by atoms with Gasteiger partial charge in [0.2, 0.25) is 0 Å². The van der Waals surface area contributed by atoms with Gasteiger partial charge in [0, 0.05) is 18.8 Å². The number of hydrogen-bond acceptors (Lipinski definition) is 2. The summed E-state index contributed by atoms with van der Waals surface area (Å²) in [7, 11) is 0. The minimum atomic E-state index is -0.995. The smallest absolute Gasteiger partial charge is 0.337 e. The number of aromatic carboxylic acids is 1. The molecule has 0 radical (unpaired) electrons. The molecule has 1 heterocycles. The quantitative estimate of drug-likeness (QED) is 0.917. The van der Waals surface area contributed by atoms with Crippen molar-refractivity contribution in [3.05, 3.63) is 64.2 Å². The van der Waals surface area contributed by atoms with Gasteiger partial charge in [0.1, 0.15) is 0 Å². The number of anilines is 1. The molecule has 4 heteroatoms. The average Bonchev–Trinajstić information content (AvgIpc) is 2.46. The van der Waals surface area contributed by atoms with Crippen LogP contribution in [0.4, 0.5) is 5.69 Å². The van der Waals surface area contributed by atoms with Crippen molar-refractivity contribution in [2.75, 3.05) is 11.4 Å². The fourth-order valence-electron chi connectivity index (χ4n) is 2.59. The first-order valence-corrected chi connectivity index (χ1v) is 6.87. The predicted octanol–water partition coefficient (Wildman–Crippen LogP) is 3.60. The minimum absolute atomic E-state index is 0.146. The Morgan fingerprint density at radius 3 is 2.60 bits per heavy atom. The van der Waals surface area contributed by atoms with Crippen LogP contribution in [-0.4, -0.2) is 17.6 Å². The van der Waals surface area contributed by atoms with Gasteiger partial charge in [-0.05, 0) is 35.7 Å².